The van der Waals surface area contributed by atoms with Gasteiger partial charge >= 0.3 is 0 Å². The number of hydrogen-bond donors (Lipinski definition) is 1. The average Bonchev–Trinajstić information content (AvgIpc) is 3.32. The van der Waals surface area contributed by atoms with E-state index in [2.05, 4.69) is 10.3 Å². The molecule has 0 aliphatic carbocycles. The highest BCUT2D eigenvalue weighted by molar-refractivity contribution is 7.99. The van der Waals surface area contributed by atoms with Gasteiger partial charge in [0.25, 0.3) is 5.91 Å². The fourth-order valence-corrected chi connectivity index (χ4v) is 4.56. The molecule has 4 rings (SSSR count). The number of amides is 2. The molecule has 146 valence electrons. The maximum Gasteiger partial charge on any atom is 0.257 e. The van der Waals surface area contributed by atoms with Gasteiger partial charge in [0.15, 0.2) is 0 Å². The van der Waals surface area contributed by atoms with Crippen molar-refractivity contribution in [2.75, 3.05) is 23.0 Å². The number of rotatable bonds is 5. The molecule has 2 aliphatic heterocycles. The highest BCUT2D eigenvalue weighted by Gasteiger charge is 2.32. The zero-order valence-corrected chi connectivity index (χ0v) is 16.6. The molecular formula is C21H23N3O3S. The largest absolute Gasteiger partial charge is 0.473 e. The molecule has 0 bridgehead atoms. The second-order valence-corrected chi connectivity index (χ2v) is 8.32. The zero-order valence-electron chi connectivity index (χ0n) is 15.8. The van der Waals surface area contributed by atoms with Crippen LogP contribution < -0.4 is 15.0 Å². The monoisotopic (exact) mass is 397 g/mol. The van der Waals surface area contributed by atoms with Crippen LogP contribution >= 0.6 is 11.8 Å². The summed E-state index contributed by atoms with van der Waals surface area (Å²) in [6.45, 7) is 2.47. The van der Waals surface area contributed by atoms with Crippen LogP contribution in [-0.4, -0.2) is 47.0 Å². The molecular weight excluding hydrogens is 374 g/mol. The summed E-state index contributed by atoms with van der Waals surface area (Å²) in [5.74, 6) is 2.11. The van der Waals surface area contributed by atoms with Crippen molar-refractivity contribution >= 4 is 29.3 Å². The highest BCUT2D eigenvalue weighted by atomic mass is 32.2. The summed E-state index contributed by atoms with van der Waals surface area (Å²) >= 11 is 1.84. The molecule has 2 atom stereocenters. The topological polar surface area (TPSA) is 71.5 Å². The summed E-state index contributed by atoms with van der Waals surface area (Å²) in [5, 5.41) is 2.98. The van der Waals surface area contributed by atoms with E-state index in [9.17, 15) is 9.59 Å². The van der Waals surface area contributed by atoms with Gasteiger partial charge in [0.1, 0.15) is 11.7 Å². The Morgan fingerprint density at radius 3 is 2.86 bits per heavy atom. The van der Waals surface area contributed by atoms with Gasteiger partial charge in [-0.25, -0.2) is 4.98 Å². The van der Waals surface area contributed by atoms with Gasteiger partial charge < -0.3 is 15.0 Å². The van der Waals surface area contributed by atoms with Gasteiger partial charge in [-0.3, -0.25) is 9.59 Å². The Balaban J connectivity index is 1.43. The normalized spacial score (nSPS) is 21.8. The van der Waals surface area contributed by atoms with Crippen LogP contribution in [0.5, 0.6) is 5.88 Å². The van der Waals surface area contributed by atoms with Crippen molar-refractivity contribution in [2.24, 2.45) is 0 Å². The summed E-state index contributed by atoms with van der Waals surface area (Å²) in [7, 11) is 0. The first-order valence-electron chi connectivity index (χ1n) is 9.47. The van der Waals surface area contributed by atoms with E-state index in [1.54, 1.807) is 23.2 Å². The van der Waals surface area contributed by atoms with Crippen molar-refractivity contribution in [3.8, 4) is 5.88 Å². The lowest BCUT2D eigenvalue weighted by Crippen LogP contribution is -2.37. The predicted molar refractivity (Wildman–Crippen MR) is 110 cm³/mol. The van der Waals surface area contributed by atoms with E-state index in [0.29, 0.717) is 18.0 Å². The first-order chi connectivity index (χ1) is 13.6. The number of pyridine rings is 1. The van der Waals surface area contributed by atoms with Crippen LogP contribution in [0.4, 0.5) is 5.69 Å². The molecule has 7 heteroatoms. The molecule has 28 heavy (non-hydrogen) atoms. The van der Waals surface area contributed by atoms with Crippen LogP contribution in [0.2, 0.25) is 0 Å². The maximum atomic E-state index is 12.8. The Morgan fingerprint density at radius 1 is 1.29 bits per heavy atom. The van der Waals surface area contributed by atoms with E-state index in [1.807, 2.05) is 43.0 Å². The van der Waals surface area contributed by atoms with Gasteiger partial charge in [0.2, 0.25) is 11.8 Å². The summed E-state index contributed by atoms with van der Waals surface area (Å²) < 4.78 is 5.94. The summed E-state index contributed by atoms with van der Waals surface area (Å²) in [6.07, 6.45) is 2.98. The summed E-state index contributed by atoms with van der Waals surface area (Å²) in [5.41, 5.74) is 2.42. The van der Waals surface area contributed by atoms with Crippen LogP contribution in [0.25, 0.3) is 0 Å². The first kappa shape index (κ1) is 18.8. The first-order valence-corrected chi connectivity index (χ1v) is 10.6. The van der Waals surface area contributed by atoms with Crippen LogP contribution in [0, 0.1) is 6.92 Å². The lowest BCUT2D eigenvalue weighted by molar-refractivity contribution is -0.117. The number of benzene rings is 1. The molecule has 3 heterocycles. The molecule has 0 saturated carbocycles. The number of nitrogens with one attached hydrogen (secondary N) is 1. The van der Waals surface area contributed by atoms with E-state index in [0.717, 1.165) is 29.2 Å². The third kappa shape index (κ3) is 4.14. The van der Waals surface area contributed by atoms with E-state index in [-0.39, 0.29) is 30.4 Å². The van der Waals surface area contributed by atoms with Crippen molar-refractivity contribution in [3.63, 3.8) is 0 Å². The van der Waals surface area contributed by atoms with Crippen molar-refractivity contribution in [1.29, 1.82) is 0 Å². The van der Waals surface area contributed by atoms with Gasteiger partial charge in [0, 0.05) is 30.6 Å². The Labute approximate surface area is 168 Å². The third-order valence-electron chi connectivity index (χ3n) is 4.99. The molecule has 2 aliphatic rings. The Kier molecular flexibility index (Phi) is 5.52. The van der Waals surface area contributed by atoms with Crippen molar-refractivity contribution in [1.82, 2.24) is 10.3 Å². The average molecular weight is 398 g/mol. The van der Waals surface area contributed by atoms with Gasteiger partial charge in [-0.15, -0.1) is 0 Å². The standard InChI is InChI=1S/C21H23N3O3S/c1-14-4-6-16(7-5-14)24-12-15(11-19(24)25)23-20(26)18-3-2-9-22-21(18)27-17-8-10-28-13-17/h2-7,9,15,17H,8,10-13H2,1H3,(H,23,26). The number of anilines is 1. The minimum Gasteiger partial charge on any atom is -0.473 e. The van der Waals surface area contributed by atoms with Crippen LogP contribution in [0.3, 0.4) is 0 Å². The number of hydrogen-bond acceptors (Lipinski definition) is 5. The number of carbonyl (C=O) groups excluding carboxylic acids is 2. The number of aryl methyl sites for hydroxylation is 1. The number of thioether (sulfide) groups is 1. The van der Waals surface area contributed by atoms with Gasteiger partial charge in [-0.05, 0) is 43.4 Å². The quantitative estimate of drug-likeness (QED) is 0.840. The minimum absolute atomic E-state index is 0.0137. The maximum absolute atomic E-state index is 12.8. The lowest BCUT2D eigenvalue weighted by atomic mass is 10.2. The van der Waals surface area contributed by atoms with E-state index >= 15 is 0 Å². The van der Waals surface area contributed by atoms with Crippen molar-refractivity contribution < 1.29 is 14.3 Å². The molecule has 6 nitrogen and oxygen atoms in total. The van der Waals surface area contributed by atoms with Crippen molar-refractivity contribution in [3.05, 3.63) is 53.7 Å². The number of aromatic nitrogens is 1. The van der Waals surface area contributed by atoms with Crippen LogP contribution in [0.1, 0.15) is 28.8 Å². The predicted octanol–water partition coefficient (Wildman–Crippen LogP) is 2.81. The molecule has 1 aromatic carbocycles. The summed E-state index contributed by atoms with van der Waals surface area (Å²) in [6, 6.07) is 11.0. The third-order valence-corrected chi connectivity index (χ3v) is 6.12. The Hall–Kier alpha value is -2.54. The molecule has 1 N–H and O–H groups in total. The zero-order chi connectivity index (χ0) is 19.5. The molecule has 1 aromatic heterocycles. The van der Waals surface area contributed by atoms with Gasteiger partial charge in [-0.2, -0.15) is 11.8 Å². The van der Waals surface area contributed by atoms with Gasteiger partial charge in [0.05, 0.1) is 6.04 Å². The second kappa shape index (κ2) is 8.22. The van der Waals surface area contributed by atoms with E-state index in [1.165, 1.54) is 0 Å². The SMILES string of the molecule is Cc1ccc(N2CC(NC(=O)c3cccnc3OC3CCSC3)CC2=O)cc1. The lowest BCUT2D eigenvalue weighted by Gasteiger charge is -2.18. The highest BCUT2D eigenvalue weighted by Crippen LogP contribution is 2.25. The smallest absolute Gasteiger partial charge is 0.257 e. The fourth-order valence-electron chi connectivity index (χ4n) is 3.46. The molecule has 2 saturated heterocycles. The van der Waals surface area contributed by atoms with Crippen LogP contribution in [-0.2, 0) is 4.79 Å². The molecule has 0 spiro atoms. The number of ether oxygens (including phenoxy) is 1. The molecule has 2 fully saturated rings. The minimum atomic E-state index is -0.252. The van der Waals surface area contributed by atoms with Crippen LogP contribution in [0.15, 0.2) is 42.6 Å². The fraction of sp³-hybridized carbons (Fsp3) is 0.381. The molecule has 2 aromatic rings. The molecule has 2 unspecified atom stereocenters. The Morgan fingerprint density at radius 2 is 2.11 bits per heavy atom. The van der Waals surface area contributed by atoms with Crippen molar-refractivity contribution in [2.45, 2.75) is 31.9 Å². The second-order valence-electron chi connectivity index (χ2n) is 7.17. The molecule has 2 amide bonds. The number of nitrogens with zero attached hydrogens (tertiary/aromatic N) is 2. The van der Waals surface area contributed by atoms with Gasteiger partial charge in [-0.1, -0.05) is 17.7 Å². The molecule has 0 radical (unpaired) electrons. The Bertz CT molecular complexity index is 865. The van der Waals surface area contributed by atoms with E-state index in [4.69, 9.17) is 4.74 Å². The number of carbonyl (C=O) groups is 2. The summed E-state index contributed by atoms with van der Waals surface area (Å²) in [4.78, 5) is 31.2. The van der Waals surface area contributed by atoms with E-state index < -0.39 is 0 Å².